The molecule has 3 aromatic rings. The third kappa shape index (κ3) is 2.17. The summed E-state index contributed by atoms with van der Waals surface area (Å²) in [5.41, 5.74) is 7.72. The maximum Gasteiger partial charge on any atom is 0.160 e. The van der Waals surface area contributed by atoms with E-state index in [0.29, 0.717) is 12.2 Å². The molecule has 0 aliphatic carbocycles. The zero-order valence-corrected chi connectivity index (χ0v) is 10.6. The highest BCUT2D eigenvalue weighted by Crippen LogP contribution is 2.26. The summed E-state index contributed by atoms with van der Waals surface area (Å²) in [6, 6.07) is 9.94. The van der Waals surface area contributed by atoms with Crippen molar-refractivity contribution in [3.8, 4) is 11.5 Å². The minimum absolute atomic E-state index is 0.143. The van der Waals surface area contributed by atoms with Crippen molar-refractivity contribution in [3.05, 3.63) is 54.0 Å². The fourth-order valence-corrected chi connectivity index (χ4v) is 2.15. The summed E-state index contributed by atoms with van der Waals surface area (Å²) >= 11 is 0. The molecule has 102 valence electrons. The molecule has 3 rings (SSSR count). The molecular weight excluding hydrogens is 256 g/mol. The Morgan fingerprint density at radius 2 is 1.95 bits per heavy atom. The number of benzene rings is 1. The monoisotopic (exact) mass is 270 g/mol. The van der Waals surface area contributed by atoms with Gasteiger partial charge in [-0.15, -0.1) is 10.2 Å². The first-order valence-electron chi connectivity index (χ1n) is 6.21. The van der Waals surface area contributed by atoms with Gasteiger partial charge in [0.05, 0.1) is 6.04 Å². The van der Waals surface area contributed by atoms with Crippen LogP contribution in [0.1, 0.15) is 17.4 Å². The van der Waals surface area contributed by atoms with Crippen molar-refractivity contribution in [2.75, 3.05) is 0 Å². The van der Waals surface area contributed by atoms with E-state index in [1.807, 2.05) is 28.8 Å². The third-order valence-corrected chi connectivity index (χ3v) is 3.17. The van der Waals surface area contributed by atoms with Gasteiger partial charge in [-0.05, 0) is 36.2 Å². The van der Waals surface area contributed by atoms with E-state index >= 15 is 0 Å². The van der Waals surface area contributed by atoms with Crippen LogP contribution in [0.5, 0.6) is 11.5 Å². The second-order valence-corrected chi connectivity index (χ2v) is 4.62. The van der Waals surface area contributed by atoms with Gasteiger partial charge in [0.2, 0.25) is 0 Å². The molecule has 0 fully saturated rings. The van der Waals surface area contributed by atoms with Gasteiger partial charge in [-0.25, -0.2) is 0 Å². The summed E-state index contributed by atoms with van der Waals surface area (Å²) in [4.78, 5) is 0. The number of pyridine rings is 1. The molecule has 1 aromatic carbocycles. The number of hydrogen-bond acceptors (Lipinski definition) is 5. The third-order valence-electron chi connectivity index (χ3n) is 3.17. The van der Waals surface area contributed by atoms with Gasteiger partial charge in [-0.3, -0.25) is 4.40 Å². The second-order valence-electron chi connectivity index (χ2n) is 4.62. The SMILES string of the molecule is NC(Cc1ccc(O)c(O)c1)c1nnc2ccccn12. The van der Waals surface area contributed by atoms with E-state index in [4.69, 9.17) is 5.73 Å². The second kappa shape index (κ2) is 4.82. The molecule has 6 nitrogen and oxygen atoms in total. The molecule has 2 heterocycles. The van der Waals surface area contributed by atoms with E-state index in [1.54, 1.807) is 6.07 Å². The number of phenolic OH excluding ortho intramolecular Hbond substituents is 2. The molecule has 2 aromatic heterocycles. The van der Waals surface area contributed by atoms with Crippen LogP contribution in [0.4, 0.5) is 0 Å². The summed E-state index contributed by atoms with van der Waals surface area (Å²) in [6.45, 7) is 0. The zero-order valence-electron chi connectivity index (χ0n) is 10.6. The summed E-state index contributed by atoms with van der Waals surface area (Å²) in [5.74, 6) is 0.365. The van der Waals surface area contributed by atoms with Crippen LogP contribution in [0.2, 0.25) is 0 Å². The highest BCUT2D eigenvalue weighted by molar-refractivity contribution is 5.41. The number of phenols is 2. The van der Waals surface area contributed by atoms with Gasteiger partial charge in [-0.2, -0.15) is 0 Å². The lowest BCUT2D eigenvalue weighted by molar-refractivity contribution is 0.403. The molecule has 0 spiro atoms. The van der Waals surface area contributed by atoms with Crippen LogP contribution in [0, 0.1) is 0 Å². The number of nitrogens with zero attached hydrogens (tertiary/aromatic N) is 3. The fourth-order valence-electron chi connectivity index (χ4n) is 2.15. The Morgan fingerprint density at radius 1 is 1.10 bits per heavy atom. The van der Waals surface area contributed by atoms with Gasteiger partial charge in [0, 0.05) is 6.20 Å². The molecule has 0 amide bonds. The minimum atomic E-state index is -0.351. The minimum Gasteiger partial charge on any atom is -0.504 e. The lowest BCUT2D eigenvalue weighted by atomic mass is 10.1. The van der Waals surface area contributed by atoms with Crippen LogP contribution < -0.4 is 5.73 Å². The average molecular weight is 270 g/mol. The van der Waals surface area contributed by atoms with Gasteiger partial charge in [0.15, 0.2) is 23.0 Å². The van der Waals surface area contributed by atoms with Crippen LogP contribution in [0.15, 0.2) is 42.6 Å². The zero-order chi connectivity index (χ0) is 14.1. The molecule has 0 bridgehead atoms. The quantitative estimate of drug-likeness (QED) is 0.625. The number of aromatic nitrogens is 3. The van der Waals surface area contributed by atoms with Gasteiger partial charge >= 0.3 is 0 Å². The molecule has 0 radical (unpaired) electrons. The first-order valence-corrected chi connectivity index (χ1v) is 6.21. The van der Waals surface area contributed by atoms with Gasteiger partial charge in [0.25, 0.3) is 0 Å². The predicted octanol–water partition coefficient (Wildman–Crippen LogP) is 1.38. The Bertz CT molecular complexity index is 754. The summed E-state index contributed by atoms with van der Waals surface area (Å²) in [7, 11) is 0. The normalized spacial score (nSPS) is 12.7. The number of aromatic hydroxyl groups is 2. The van der Waals surface area contributed by atoms with Crippen LogP contribution in [-0.4, -0.2) is 24.8 Å². The summed E-state index contributed by atoms with van der Waals surface area (Å²) < 4.78 is 1.84. The fraction of sp³-hybridized carbons (Fsp3) is 0.143. The lowest BCUT2D eigenvalue weighted by Gasteiger charge is -2.10. The molecule has 0 saturated carbocycles. The van der Waals surface area contributed by atoms with Crippen molar-refractivity contribution in [3.63, 3.8) is 0 Å². The predicted molar refractivity (Wildman–Crippen MR) is 73.4 cm³/mol. The Kier molecular flexibility index (Phi) is 3.00. The number of fused-ring (bicyclic) bond motifs is 1. The van der Waals surface area contributed by atoms with E-state index < -0.39 is 0 Å². The van der Waals surface area contributed by atoms with Crippen LogP contribution in [-0.2, 0) is 6.42 Å². The highest BCUT2D eigenvalue weighted by Gasteiger charge is 2.15. The Hall–Kier alpha value is -2.60. The Morgan fingerprint density at radius 3 is 2.75 bits per heavy atom. The molecule has 1 unspecified atom stereocenters. The van der Waals surface area contributed by atoms with Crippen LogP contribution in [0.3, 0.4) is 0 Å². The first-order chi connectivity index (χ1) is 9.65. The van der Waals surface area contributed by atoms with E-state index in [-0.39, 0.29) is 17.5 Å². The molecule has 6 heteroatoms. The van der Waals surface area contributed by atoms with Crippen molar-refractivity contribution in [1.29, 1.82) is 0 Å². The molecule has 1 atom stereocenters. The van der Waals surface area contributed by atoms with Crippen LogP contribution in [0.25, 0.3) is 5.65 Å². The van der Waals surface area contributed by atoms with E-state index in [1.165, 1.54) is 12.1 Å². The number of rotatable bonds is 3. The Balaban J connectivity index is 1.89. The van der Waals surface area contributed by atoms with Gasteiger partial charge in [-0.1, -0.05) is 12.1 Å². The van der Waals surface area contributed by atoms with Crippen molar-refractivity contribution in [2.45, 2.75) is 12.5 Å². The standard InChI is InChI=1S/C14H14N4O2/c15-10(7-9-4-5-11(19)12(20)8-9)14-17-16-13-3-1-2-6-18(13)14/h1-6,8,10,19-20H,7,15H2. The van der Waals surface area contributed by atoms with Crippen molar-refractivity contribution < 1.29 is 10.2 Å². The molecule has 20 heavy (non-hydrogen) atoms. The smallest absolute Gasteiger partial charge is 0.160 e. The number of hydrogen-bond donors (Lipinski definition) is 3. The Labute approximate surface area is 115 Å². The van der Waals surface area contributed by atoms with Gasteiger partial charge in [0.1, 0.15) is 0 Å². The van der Waals surface area contributed by atoms with E-state index in [9.17, 15) is 10.2 Å². The summed E-state index contributed by atoms with van der Waals surface area (Å²) in [6.07, 6.45) is 2.35. The lowest BCUT2D eigenvalue weighted by Crippen LogP contribution is -2.16. The van der Waals surface area contributed by atoms with E-state index in [2.05, 4.69) is 10.2 Å². The number of nitrogens with two attached hydrogens (primary N) is 1. The highest BCUT2D eigenvalue weighted by atomic mass is 16.3. The largest absolute Gasteiger partial charge is 0.504 e. The topological polar surface area (TPSA) is 96.7 Å². The van der Waals surface area contributed by atoms with Crippen LogP contribution >= 0.6 is 0 Å². The maximum absolute atomic E-state index is 9.49. The van der Waals surface area contributed by atoms with E-state index in [0.717, 1.165) is 11.2 Å². The molecule has 0 saturated heterocycles. The molecular formula is C14H14N4O2. The average Bonchev–Trinajstić information content (AvgIpc) is 2.87. The molecule has 0 aliphatic heterocycles. The first kappa shape index (κ1) is 12.4. The van der Waals surface area contributed by atoms with Crippen molar-refractivity contribution >= 4 is 5.65 Å². The van der Waals surface area contributed by atoms with Crippen molar-refractivity contribution in [2.24, 2.45) is 5.73 Å². The van der Waals surface area contributed by atoms with Crippen molar-refractivity contribution in [1.82, 2.24) is 14.6 Å². The molecule has 0 aliphatic rings. The molecule has 4 N–H and O–H groups in total. The van der Waals surface area contributed by atoms with Gasteiger partial charge < -0.3 is 15.9 Å². The maximum atomic E-state index is 9.49. The summed E-state index contributed by atoms with van der Waals surface area (Å²) in [5, 5.41) is 27.0.